The van der Waals surface area contributed by atoms with Crippen LogP contribution in [0.15, 0.2) is 48.2 Å². The minimum absolute atomic E-state index is 0.0718. The van der Waals surface area contributed by atoms with Crippen molar-refractivity contribution < 1.29 is 5.11 Å². The largest absolute Gasteiger partial charge is 0.512 e. The second-order valence-electron chi connectivity index (χ2n) is 4.73. The van der Waals surface area contributed by atoms with E-state index in [-0.39, 0.29) is 5.41 Å². The summed E-state index contributed by atoms with van der Waals surface area (Å²) in [5, 5.41) is 9.99. The number of hydrogen-bond donors (Lipinski definition) is 1. The lowest BCUT2D eigenvalue weighted by molar-refractivity contribution is 0.327. The van der Waals surface area contributed by atoms with Gasteiger partial charge in [0.15, 0.2) is 0 Å². The molecule has 0 atom stereocenters. The van der Waals surface area contributed by atoms with Crippen LogP contribution in [0.2, 0.25) is 0 Å². The summed E-state index contributed by atoms with van der Waals surface area (Å²) in [6.45, 7) is 4.25. The Morgan fingerprint density at radius 3 is 2.40 bits per heavy atom. The van der Waals surface area contributed by atoms with Crippen LogP contribution in [-0.2, 0) is 0 Å². The van der Waals surface area contributed by atoms with E-state index in [1.54, 1.807) is 0 Å². The molecular formula is C14H16O. The van der Waals surface area contributed by atoms with Crippen LogP contribution in [0.3, 0.4) is 0 Å². The number of hydrogen-bond acceptors (Lipinski definition) is 1. The molecule has 0 aromatic heterocycles. The van der Waals surface area contributed by atoms with E-state index in [1.807, 2.05) is 36.4 Å². The highest BCUT2D eigenvalue weighted by Crippen LogP contribution is 2.35. The van der Waals surface area contributed by atoms with E-state index in [0.717, 1.165) is 11.1 Å². The topological polar surface area (TPSA) is 20.2 Å². The standard InChI is InChI=1S/C14H16O/c1-14(2)9-8-12(13(15)10-14)11-6-4-3-5-7-11/h3-9,15H,10H2,1-2H3. The molecule has 2 rings (SSSR count). The molecule has 1 aromatic rings. The van der Waals surface area contributed by atoms with Gasteiger partial charge in [0.1, 0.15) is 5.76 Å². The third-order valence-corrected chi connectivity index (χ3v) is 2.72. The molecule has 0 amide bonds. The minimum Gasteiger partial charge on any atom is -0.512 e. The first-order valence-electron chi connectivity index (χ1n) is 5.25. The fraction of sp³-hybridized carbons (Fsp3) is 0.286. The zero-order valence-electron chi connectivity index (χ0n) is 9.20. The lowest BCUT2D eigenvalue weighted by atomic mass is 9.81. The summed E-state index contributed by atoms with van der Waals surface area (Å²) in [7, 11) is 0. The van der Waals surface area contributed by atoms with Crippen molar-refractivity contribution in [1.82, 2.24) is 0 Å². The maximum atomic E-state index is 9.99. The van der Waals surface area contributed by atoms with Crippen molar-refractivity contribution in [2.45, 2.75) is 20.3 Å². The Labute approximate surface area is 90.8 Å². The highest BCUT2D eigenvalue weighted by Gasteiger charge is 2.22. The first-order chi connectivity index (χ1) is 7.08. The van der Waals surface area contributed by atoms with Gasteiger partial charge in [-0.1, -0.05) is 56.3 Å². The summed E-state index contributed by atoms with van der Waals surface area (Å²) in [5.74, 6) is 0.494. The Morgan fingerprint density at radius 2 is 1.80 bits per heavy atom. The molecule has 0 unspecified atom stereocenters. The van der Waals surface area contributed by atoms with Gasteiger partial charge in [0.2, 0.25) is 0 Å². The van der Waals surface area contributed by atoms with Crippen LogP contribution in [0.5, 0.6) is 0 Å². The van der Waals surface area contributed by atoms with Gasteiger partial charge in [-0.15, -0.1) is 0 Å². The molecule has 1 nitrogen and oxygen atoms in total. The summed E-state index contributed by atoms with van der Waals surface area (Å²) in [6, 6.07) is 10.0. The first kappa shape index (κ1) is 10.0. The number of aliphatic hydroxyl groups is 1. The van der Waals surface area contributed by atoms with Crippen LogP contribution in [0.4, 0.5) is 0 Å². The quantitative estimate of drug-likeness (QED) is 0.728. The summed E-state index contributed by atoms with van der Waals surface area (Å²) in [4.78, 5) is 0. The predicted molar refractivity (Wildman–Crippen MR) is 63.5 cm³/mol. The lowest BCUT2D eigenvalue weighted by Crippen LogP contribution is -2.13. The minimum atomic E-state index is 0.0718. The van der Waals surface area contributed by atoms with Gasteiger partial charge in [-0.25, -0.2) is 0 Å². The smallest absolute Gasteiger partial charge is 0.101 e. The monoisotopic (exact) mass is 200 g/mol. The fourth-order valence-electron chi connectivity index (χ4n) is 1.87. The molecule has 1 aromatic carbocycles. The fourth-order valence-corrected chi connectivity index (χ4v) is 1.87. The van der Waals surface area contributed by atoms with Gasteiger partial charge in [-0.2, -0.15) is 0 Å². The molecule has 0 saturated heterocycles. The van der Waals surface area contributed by atoms with Gasteiger partial charge in [0.25, 0.3) is 0 Å². The number of aliphatic hydroxyl groups excluding tert-OH is 1. The molecule has 1 N–H and O–H groups in total. The van der Waals surface area contributed by atoms with E-state index >= 15 is 0 Å². The molecule has 0 radical (unpaired) electrons. The van der Waals surface area contributed by atoms with Gasteiger partial charge < -0.3 is 5.11 Å². The molecule has 78 valence electrons. The van der Waals surface area contributed by atoms with Gasteiger partial charge >= 0.3 is 0 Å². The lowest BCUT2D eigenvalue weighted by Gasteiger charge is -2.25. The molecule has 0 bridgehead atoms. The zero-order chi connectivity index (χ0) is 10.9. The molecule has 0 saturated carbocycles. The van der Waals surface area contributed by atoms with Gasteiger partial charge in [0, 0.05) is 12.0 Å². The van der Waals surface area contributed by atoms with Gasteiger partial charge in [-0.05, 0) is 11.0 Å². The molecule has 0 aliphatic heterocycles. The molecule has 0 spiro atoms. The summed E-state index contributed by atoms with van der Waals surface area (Å²) >= 11 is 0. The van der Waals surface area contributed by atoms with E-state index in [4.69, 9.17) is 0 Å². The van der Waals surface area contributed by atoms with Crippen LogP contribution in [0.1, 0.15) is 25.8 Å². The Bertz CT molecular complexity index is 410. The number of allylic oxidation sites excluding steroid dienone is 4. The highest BCUT2D eigenvalue weighted by molar-refractivity contribution is 5.76. The highest BCUT2D eigenvalue weighted by atomic mass is 16.3. The molecule has 0 heterocycles. The summed E-state index contributed by atoms with van der Waals surface area (Å²) < 4.78 is 0. The average Bonchev–Trinajstić information content (AvgIpc) is 2.17. The SMILES string of the molecule is CC1(C)C=CC(c2ccccc2)=C(O)C1. The molecule has 1 heteroatoms. The van der Waals surface area contributed by atoms with Crippen LogP contribution in [0, 0.1) is 5.41 Å². The van der Waals surface area contributed by atoms with Crippen molar-refractivity contribution in [2.75, 3.05) is 0 Å². The van der Waals surface area contributed by atoms with Crippen molar-refractivity contribution in [3.63, 3.8) is 0 Å². The van der Waals surface area contributed by atoms with Crippen molar-refractivity contribution in [3.8, 4) is 0 Å². The molecular weight excluding hydrogens is 184 g/mol. The summed E-state index contributed by atoms with van der Waals surface area (Å²) in [6.07, 6.45) is 4.90. The third-order valence-electron chi connectivity index (χ3n) is 2.72. The zero-order valence-corrected chi connectivity index (χ0v) is 9.20. The van der Waals surface area contributed by atoms with Crippen molar-refractivity contribution in [2.24, 2.45) is 5.41 Å². The Balaban J connectivity index is 2.37. The van der Waals surface area contributed by atoms with E-state index in [9.17, 15) is 5.11 Å². The summed E-state index contributed by atoms with van der Waals surface area (Å²) in [5.41, 5.74) is 2.11. The molecule has 1 aliphatic rings. The van der Waals surface area contributed by atoms with Crippen LogP contribution >= 0.6 is 0 Å². The Morgan fingerprint density at radius 1 is 1.13 bits per heavy atom. The van der Waals surface area contributed by atoms with E-state index in [1.165, 1.54) is 0 Å². The molecule has 1 aliphatic carbocycles. The number of benzene rings is 1. The van der Waals surface area contributed by atoms with E-state index in [2.05, 4.69) is 19.9 Å². The number of rotatable bonds is 1. The van der Waals surface area contributed by atoms with Gasteiger partial charge in [0.05, 0.1) is 0 Å². The molecule has 0 fully saturated rings. The van der Waals surface area contributed by atoms with Crippen molar-refractivity contribution >= 4 is 5.57 Å². The first-order valence-corrected chi connectivity index (χ1v) is 5.25. The Hall–Kier alpha value is -1.50. The van der Waals surface area contributed by atoms with E-state index < -0.39 is 0 Å². The van der Waals surface area contributed by atoms with Crippen LogP contribution in [-0.4, -0.2) is 5.11 Å². The maximum absolute atomic E-state index is 9.99. The second-order valence-corrected chi connectivity index (χ2v) is 4.73. The predicted octanol–water partition coefficient (Wildman–Crippen LogP) is 3.94. The Kier molecular flexibility index (Phi) is 2.39. The van der Waals surface area contributed by atoms with Gasteiger partial charge in [-0.3, -0.25) is 0 Å². The maximum Gasteiger partial charge on any atom is 0.101 e. The average molecular weight is 200 g/mol. The van der Waals surface area contributed by atoms with E-state index in [0.29, 0.717) is 12.2 Å². The van der Waals surface area contributed by atoms with Crippen molar-refractivity contribution in [1.29, 1.82) is 0 Å². The second kappa shape index (κ2) is 3.58. The van der Waals surface area contributed by atoms with Crippen LogP contribution < -0.4 is 0 Å². The third kappa shape index (κ3) is 2.12. The van der Waals surface area contributed by atoms with Crippen LogP contribution in [0.25, 0.3) is 5.57 Å². The van der Waals surface area contributed by atoms with Crippen molar-refractivity contribution in [3.05, 3.63) is 53.8 Å². The normalized spacial score (nSPS) is 19.3. The molecule has 15 heavy (non-hydrogen) atoms.